The summed E-state index contributed by atoms with van der Waals surface area (Å²) < 4.78 is 0.619. The molecule has 1 heterocycles. The first-order valence-corrected chi connectivity index (χ1v) is 6.42. The van der Waals surface area contributed by atoms with Gasteiger partial charge in [0.2, 0.25) is 5.78 Å². The average Bonchev–Trinajstić information content (AvgIpc) is 2.62. The zero-order chi connectivity index (χ0) is 12.6. The van der Waals surface area contributed by atoms with Crippen LogP contribution in [0.2, 0.25) is 9.36 Å². The second-order valence-electron chi connectivity index (χ2n) is 3.61. The topological polar surface area (TPSA) is 43.1 Å². The van der Waals surface area contributed by atoms with E-state index in [0.29, 0.717) is 25.5 Å². The van der Waals surface area contributed by atoms with Gasteiger partial charge in [-0.05, 0) is 30.7 Å². The molecule has 5 heteroatoms. The molecule has 0 amide bonds. The van der Waals surface area contributed by atoms with E-state index in [4.69, 9.17) is 28.9 Å². The quantitative estimate of drug-likeness (QED) is 0.665. The molecule has 0 aliphatic rings. The Kier molecular flexibility index (Phi) is 3.43. The van der Waals surface area contributed by atoms with E-state index in [1.807, 2.05) is 6.92 Å². The SMILES string of the molecule is Cc1cc(C(=O)c2cccc(N)c2Cl)sc1Cl. The molecule has 88 valence electrons. The highest BCUT2D eigenvalue weighted by Gasteiger charge is 2.17. The standard InChI is InChI=1S/C12H9Cl2NOS/c1-6-5-9(17-12(6)14)11(16)7-3-2-4-8(15)10(7)13/h2-5H,15H2,1H3. The van der Waals surface area contributed by atoms with Crippen LogP contribution in [0.25, 0.3) is 0 Å². The van der Waals surface area contributed by atoms with Crippen LogP contribution in [-0.4, -0.2) is 5.78 Å². The van der Waals surface area contributed by atoms with Crippen molar-refractivity contribution in [3.63, 3.8) is 0 Å². The fourth-order valence-corrected chi connectivity index (χ4v) is 2.80. The van der Waals surface area contributed by atoms with Crippen molar-refractivity contribution in [2.45, 2.75) is 6.92 Å². The number of nitrogen functional groups attached to an aromatic ring is 1. The lowest BCUT2D eigenvalue weighted by Gasteiger charge is -2.03. The first kappa shape index (κ1) is 12.4. The summed E-state index contributed by atoms with van der Waals surface area (Å²) in [6.07, 6.45) is 0. The molecule has 0 atom stereocenters. The van der Waals surface area contributed by atoms with Crippen molar-refractivity contribution in [2.24, 2.45) is 0 Å². The van der Waals surface area contributed by atoms with Crippen molar-refractivity contribution >= 4 is 46.0 Å². The van der Waals surface area contributed by atoms with Gasteiger partial charge in [0.1, 0.15) is 0 Å². The maximum absolute atomic E-state index is 12.2. The summed E-state index contributed by atoms with van der Waals surface area (Å²) in [5.74, 6) is -0.151. The summed E-state index contributed by atoms with van der Waals surface area (Å²) in [4.78, 5) is 12.8. The molecule has 0 fully saturated rings. The number of hydrogen-bond acceptors (Lipinski definition) is 3. The molecule has 0 saturated heterocycles. The minimum absolute atomic E-state index is 0.151. The molecule has 0 radical (unpaired) electrons. The van der Waals surface area contributed by atoms with Crippen molar-refractivity contribution in [3.05, 3.63) is 49.6 Å². The van der Waals surface area contributed by atoms with Crippen LogP contribution in [-0.2, 0) is 0 Å². The van der Waals surface area contributed by atoms with E-state index in [1.54, 1.807) is 24.3 Å². The molecule has 2 N–H and O–H groups in total. The Labute approximate surface area is 113 Å². The summed E-state index contributed by atoms with van der Waals surface area (Å²) in [6, 6.07) is 6.78. The molecule has 17 heavy (non-hydrogen) atoms. The van der Waals surface area contributed by atoms with Gasteiger partial charge in [0.25, 0.3) is 0 Å². The van der Waals surface area contributed by atoms with E-state index < -0.39 is 0 Å². The summed E-state index contributed by atoms with van der Waals surface area (Å²) >= 11 is 13.2. The zero-order valence-corrected chi connectivity index (χ0v) is 11.3. The van der Waals surface area contributed by atoms with Gasteiger partial charge in [-0.15, -0.1) is 11.3 Å². The van der Waals surface area contributed by atoms with E-state index in [0.717, 1.165) is 5.56 Å². The molecule has 2 nitrogen and oxygen atoms in total. The third kappa shape index (κ3) is 2.32. The smallest absolute Gasteiger partial charge is 0.204 e. The Morgan fingerprint density at radius 2 is 2.06 bits per heavy atom. The first-order chi connectivity index (χ1) is 8.00. The Bertz CT molecular complexity index is 573. The highest BCUT2D eigenvalue weighted by Crippen LogP contribution is 2.31. The Morgan fingerprint density at radius 1 is 1.35 bits per heavy atom. The maximum Gasteiger partial charge on any atom is 0.204 e. The van der Waals surface area contributed by atoms with Gasteiger partial charge in [-0.25, -0.2) is 0 Å². The molecule has 1 aromatic carbocycles. The van der Waals surface area contributed by atoms with Crippen molar-refractivity contribution in [1.29, 1.82) is 0 Å². The fraction of sp³-hybridized carbons (Fsp3) is 0.0833. The van der Waals surface area contributed by atoms with Crippen LogP contribution >= 0.6 is 34.5 Å². The maximum atomic E-state index is 12.2. The lowest BCUT2D eigenvalue weighted by atomic mass is 10.1. The van der Waals surface area contributed by atoms with Crippen LogP contribution in [0.5, 0.6) is 0 Å². The molecular formula is C12H9Cl2NOS. The van der Waals surface area contributed by atoms with E-state index in [9.17, 15) is 4.79 Å². The van der Waals surface area contributed by atoms with Gasteiger partial charge in [-0.2, -0.15) is 0 Å². The lowest BCUT2D eigenvalue weighted by Crippen LogP contribution is -2.01. The summed E-state index contributed by atoms with van der Waals surface area (Å²) in [7, 11) is 0. The van der Waals surface area contributed by atoms with Crippen molar-refractivity contribution < 1.29 is 4.79 Å². The van der Waals surface area contributed by atoms with E-state index >= 15 is 0 Å². The number of halogens is 2. The number of benzene rings is 1. The third-order valence-corrected chi connectivity index (χ3v) is 4.33. The Hall–Kier alpha value is -1.03. The highest BCUT2D eigenvalue weighted by atomic mass is 35.5. The first-order valence-electron chi connectivity index (χ1n) is 4.85. The van der Waals surface area contributed by atoms with Gasteiger partial charge < -0.3 is 5.73 Å². The summed E-state index contributed by atoms with van der Waals surface area (Å²) in [6.45, 7) is 1.86. The van der Waals surface area contributed by atoms with Gasteiger partial charge in [0.15, 0.2) is 0 Å². The van der Waals surface area contributed by atoms with Crippen molar-refractivity contribution in [2.75, 3.05) is 5.73 Å². The largest absolute Gasteiger partial charge is 0.398 e. The average molecular weight is 286 g/mol. The van der Waals surface area contributed by atoms with Gasteiger partial charge in [-0.3, -0.25) is 4.79 Å². The highest BCUT2D eigenvalue weighted by molar-refractivity contribution is 7.18. The monoisotopic (exact) mass is 285 g/mol. The lowest BCUT2D eigenvalue weighted by molar-refractivity contribution is 0.104. The van der Waals surface area contributed by atoms with E-state index in [1.165, 1.54) is 11.3 Å². The minimum atomic E-state index is -0.151. The normalized spacial score (nSPS) is 10.5. The molecule has 2 aromatic rings. The Balaban J connectivity index is 2.47. The number of carbonyl (C=O) groups excluding carboxylic acids is 1. The van der Waals surface area contributed by atoms with Gasteiger partial charge in [-0.1, -0.05) is 29.3 Å². The number of rotatable bonds is 2. The van der Waals surface area contributed by atoms with Crippen molar-refractivity contribution in [1.82, 2.24) is 0 Å². The van der Waals surface area contributed by atoms with Gasteiger partial charge in [0, 0.05) is 5.56 Å². The van der Waals surface area contributed by atoms with Crippen molar-refractivity contribution in [3.8, 4) is 0 Å². The number of hydrogen-bond donors (Lipinski definition) is 1. The second-order valence-corrected chi connectivity index (χ2v) is 5.64. The van der Waals surface area contributed by atoms with Crippen LogP contribution in [0.3, 0.4) is 0 Å². The molecule has 0 unspecified atom stereocenters. The van der Waals surface area contributed by atoms with Gasteiger partial charge in [0.05, 0.1) is 19.9 Å². The number of carbonyl (C=O) groups is 1. The molecule has 2 rings (SSSR count). The molecule has 0 bridgehead atoms. The number of aryl methyl sites for hydroxylation is 1. The van der Waals surface area contributed by atoms with Crippen LogP contribution in [0.1, 0.15) is 20.8 Å². The molecule has 0 aliphatic heterocycles. The molecule has 0 aliphatic carbocycles. The number of anilines is 1. The van der Waals surface area contributed by atoms with Gasteiger partial charge >= 0.3 is 0 Å². The fourth-order valence-electron chi connectivity index (χ4n) is 1.43. The molecular weight excluding hydrogens is 277 g/mol. The second kappa shape index (κ2) is 4.69. The number of thiophene rings is 1. The minimum Gasteiger partial charge on any atom is -0.398 e. The molecule has 0 spiro atoms. The zero-order valence-electron chi connectivity index (χ0n) is 8.96. The number of ketones is 1. The predicted octanol–water partition coefficient (Wildman–Crippen LogP) is 4.18. The van der Waals surface area contributed by atoms with E-state index in [-0.39, 0.29) is 5.78 Å². The number of nitrogens with two attached hydrogens (primary N) is 1. The summed E-state index contributed by atoms with van der Waals surface area (Å²) in [5.41, 5.74) is 7.36. The predicted molar refractivity (Wildman–Crippen MR) is 73.4 cm³/mol. The Morgan fingerprint density at radius 3 is 2.65 bits per heavy atom. The molecule has 0 saturated carbocycles. The van der Waals surface area contributed by atoms with E-state index in [2.05, 4.69) is 0 Å². The van der Waals surface area contributed by atoms with Crippen LogP contribution < -0.4 is 5.73 Å². The van der Waals surface area contributed by atoms with Crippen LogP contribution in [0.15, 0.2) is 24.3 Å². The summed E-state index contributed by atoms with van der Waals surface area (Å²) in [5, 5.41) is 0.291. The van der Waals surface area contributed by atoms with Crippen LogP contribution in [0, 0.1) is 6.92 Å². The molecule has 1 aromatic heterocycles. The van der Waals surface area contributed by atoms with Crippen LogP contribution in [0.4, 0.5) is 5.69 Å². The third-order valence-electron chi connectivity index (χ3n) is 2.35.